The van der Waals surface area contributed by atoms with E-state index in [9.17, 15) is 0 Å². The monoisotopic (exact) mass is 726 g/mol. The molecular formula is C53H34N4. The van der Waals surface area contributed by atoms with Crippen molar-refractivity contribution in [3.8, 4) is 62.0 Å². The Hall–Kier alpha value is -7.69. The van der Waals surface area contributed by atoms with E-state index in [0.717, 1.165) is 83.5 Å². The van der Waals surface area contributed by atoms with E-state index in [4.69, 9.17) is 15.0 Å². The van der Waals surface area contributed by atoms with Crippen LogP contribution in [-0.4, -0.2) is 19.5 Å². The van der Waals surface area contributed by atoms with Crippen LogP contribution < -0.4 is 0 Å². The van der Waals surface area contributed by atoms with Gasteiger partial charge >= 0.3 is 0 Å². The molecule has 11 aromatic rings. The van der Waals surface area contributed by atoms with Gasteiger partial charge in [0.2, 0.25) is 0 Å². The molecule has 0 aliphatic rings. The molecule has 0 unspecified atom stereocenters. The first kappa shape index (κ1) is 32.7. The summed E-state index contributed by atoms with van der Waals surface area (Å²) < 4.78 is 2.41. The average Bonchev–Trinajstić information content (AvgIpc) is 3.62. The van der Waals surface area contributed by atoms with E-state index in [1.165, 1.54) is 16.2 Å². The number of para-hydroxylation sites is 2. The number of rotatable bonds is 6. The second-order valence-electron chi connectivity index (χ2n) is 14.4. The zero-order chi connectivity index (χ0) is 37.7. The lowest BCUT2D eigenvalue weighted by atomic mass is 9.95. The van der Waals surface area contributed by atoms with Crippen LogP contribution in [0.15, 0.2) is 206 Å². The van der Waals surface area contributed by atoms with Crippen LogP contribution in [-0.2, 0) is 0 Å². The normalized spacial score (nSPS) is 11.5. The van der Waals surface area contributed by atoms with E-state index in [1.54, 1.807) is 0 Å². The van der Waals surface area contributed by atoms with Gasteiger partial charge in [0.1, 0.15) is 0 Å². The summed E-state index contributed by atoms with van der Waals surface area (Å²) in [5, 5.41) is 5.84. The Labute approximate surface area is 330 Å². The fraction of sp³-hybridized carbons (Fsp3) is 0. The maximum atomic E-state index is 5.28. The van der Waals surface area contributed by atoms with E-state index in [0.29, 0.717) is 5.82 Å². The minimum absolute atomic E-state index is 0.695. The summed E-state index contributed by atoms with van der Waals surface area (Å²) in [6.07, 6.45) is 0. The van der Waals surface area contributed by atoms with Crippen molar-refractivity contribution >= 4 is 43.5 Å². The van der Waals surface area contributed by atoms with Crippen LogP contribution in [0.3, 0.4) is 0 Å². The van der Waals surface area contributed by atoms with E-state index in [-0.39, 0.29) is 0 Å². The summed E-state index contributed by atoms with van der Waals surface area (Å²) >= 11 is 0. The zero-order valence-corrected chi connectivity index (χ0v) is 30.9. The molecule has 0 N–H and O–H groups in total. The SMILES string of the molecule is c1ccc(-c2cc(-c3ccccc3)nc(-c3ccc(-c4cccc5c4c4cc6c(-c7ccccc7)nc7ccccc7c6cc4n5-c4ccccc4)cc3)n2)cc1. The Morgan fingerprint density at radius 2 is 0.912 bits per heavy atom. The Kier molecular flexibility index (Phi) is 7.78. The highest BCUT2D eigenvalue weighted by molar-refractivity contribution is 6.22. The Morgan fingerprint density at radius 1 is 0.333 bits per heavy atom. The number of aromatic nitrogens is 4. The molecule has 4 heteroatoms. The predicted molar refractivity (Wildman–Crippen MR) is 236 cm³/mol. The lowest BCUT2D eigenvalue weighted by Gasteiger charge is -2.12. The molecule has 0 aliphatic heterocycles. The van der Waals surface area contributed by atoms with Gasteiger partial charge in [-0.3, -0.25) is 0 Å². The fourth-order valence-corrected chi connectivity index (χ4v) is 8.31. The van der Waals surface area contributed by atoms with Crippen LogP contribution >= 0.6 is 0 Å². The molecule has 0 atom stereocenters. The van der Waals surface area contributed by atoms with Crippen molar-refractivity contribution in [2.24, 2.45) is 0 Å². The second-order valence-corrected chi connectivity index (χ2v) is 14.4. The third-order valence-corrected chi connectivity index (χ3v) is 11.0. The molecule has 3 heterocycles. The molecule has 0 bridgehead atoms. The zero-order valence-electron chi connectivity index (χ0n) is 30.9. The minimum atomic E-state index is 0.695. The van der Waals surface area contributed by atoms with Crippen LogP contribution in [0, 0.1) is 0 Å². The van der Waals surface area contributed by atoms with Crippen molar-refractivity contribution in [1.82, 2.24) is 19.5 Å². The maximum Gasteiger partial charge on any atom is 0.160 e. The molecule has 0 saturated carbocycles. The number of nitrogens with zero attached hydrogens (tertiary/aromatic N) is 4. The molecule has 11 rings (SSSR count). The van der Waals surface area contributed by atoms with Gasteiger partial charge in [-0.15, -0.1) is 0 Å². The summed E-state index contributed by atoms with van der Waals surface area (Å²) in [6, 6.07) is 72.6. The minimum Gasteiger partial charge on any atom is -0.309 e. The third-order valence-electron chi connectivity index (χ3n) is 11.0. The van der Waals surface area contributed by atoms with Gasteiger partial charge < -0.3 is 4.57 Å². The molecule has 4 nitrogen and oxygen atoms in total. The van der Waals surface area contributed by atoms with E-state index in [2.05, 4.69) is 174 Å². The molecular weight excluding hydrogens is 693 g/mol. The number of hydrogen-bond donors (Lipinski definition) is 0. The Balaban J connectivity index is 1.13. The number of benzene rings is 8. The first-order valence-electron chi connectivity index (χ1n) is 19.3. The van der Waals surface area contributed by atoms with Gasteiger partial charge in [0.05, 0.1) is 33.6 Å². The van der Waals surface area contributed by atoms with Crippen molar-refractivity contribution < 1.29 is 0 Å². The van der Waals surface area contributed by atoms with Crippen molar-refractivity contribution in [3.05, 3.63) is 206 Å². The quantitative estimate of drug-likeness (QED) is 0.160. The van der Waals surface area contributed by atoms with Crippen molar-refractivity contribution in [3.63, 3.8) is 0 Å². The smallest absolute Gasteiger partial charge is 0.160 e. The van der Waals surface area contributed by atoms with Crippen molar-refractivity contribution in [2.45, 2.75) is 0 Å². The van der Waals surface area contributed by atoms with E-state index < -0.39 is 0 Å². The number of hydrogen-bond acceptors (Lipinski definition) is 3. The highest BCUT2D eigenvalue weighted by Crippen LogP contribution is 2.43. The summed E-state index contributed by atoms with van der Waals surface area (Å²) in [4.78, 5) is 15.5. The fourth-order valence-electron chi connectivity index (χ4n) is 8.31. The van der Waals surface area contributed by atoms with Crippen LogP contribution in [0.5, 0.6) is 0 Å². The molecule has 0 radical (unpaired) electrons. The Bertz CT molecular complexity index is 3190. The summed E-state index contributed by atoms with van der Waals surface area (Å²) in [7, 11) is 0. The predicted octanol–water partition coefficient (Wildman–Crippen LogP) is 13.6. The van der Waals surface area contributed by atoms with Gasteiger partial charge in [-0.05, 0) is 59.0 Å². The molecule has 0 amide bonds. The standard InChI is InChI=1S/C53H34N4/c1-5-16-36(17-6-1)47-34-48(37-18-7-2-8-19-37)56-53(55-47)39-30-28-35(29-31-39)41-25-15-27-49-51(41)45-32-44-43(33-50(45)57(49)40-22-11-4-12-23-40)42-24-13-14-26-46(42)54-52(44)38-20-9-3-10-21-38/h1-34H. The summed E-state index contributed by atoms with van der Waals surface area (Å²) in [5.41, 5.74) is 13.7. The lowest BCUT2D eigenvalue weighted by molar-refractivity contribution is 1.18. The highest BCUT2D eigenvalue weighted by Gasteiger charge is 2.20. The van der Waals surface area contributed by atoms with Crippen LogP contribution in [0.1, 0.15) is 0 Å². The average molecular weight is 727 g/mol. The van der Waals surface area contributed by atoms with Gasteiger partial charge in [0.15, 0.2) is 5.82 Å². The molecule has 57 heavy (non-hydrogen) atoms. The highest BCUT2D eigenvalue weighted by atomic mass is 15.0. The van der Waals surface area contributed by atoms with Gasteiger partial charge in [0.25, 0.3) is 0 Å². The number of pyridine rings is 1. The molecule has 0 saturated heterocycles. The van der Waals surface area contributed by atoms with Crippen LogP contribution in [0.25, 0.3) is 105 Å². The third kappa shape index (κ3) is 5.66. The molecule has 3 aromatic heterocycles. The van der Waals surface area contributed by atoms with Gasteiger partial charge in [-0.25, -0.2) is 15.0 Å². The molecule has 8 aromatic carbocycles. The second kappa shape index (κ2) is 13.6. The molecule has 0 aliphatic carbocycles. The Morgan fingerprint density at radius 3 is 1.58 bits per heavy atom. The van der Waals surface area contributed by atoms with E-state index in [1.807, 2.05) is 36.4 Å². The topological polar surface area (TPSA) is 43.6 Å². The molecule has 266 valence electrons. The van der Waals surface area contributed by atoms with Crippen LogP contribution in [0.4, 0.5) is 0 Å². The van der Waals surface area contributed by atoms with Crippen molar-refractivity contribution in [1.29, 1.82) is 0 Å². The number of fused-ring (bicyclic) bond motifs is 6. The van der Waals surface area contributed by atoms with Gasteiger partial charge in [0, 0.05) is 49.5 Å². The molecule has 0 fully saturated rings. The summed E-state index contributed by atoms with van der Waals surface area (Å²) in [5.74, 6) is 0.695. The van der Waals surface area contributed by atoms with Gasteiger partial charge in [-0.2, -0.15) is 0 Å². The first-order chi connectivity index (χ1) is 28.3. The summed E-state index contributed by atoms with van der Waals surface area (Å²) in [6.45, 7) is 0. The van der Waals surface area contributed by atoms with E-state index >= 15 is 0 Å². The first-order valence-corrected chi connectivity index (χ1v) is 19.3. The molecule has 0 spiro atoms. The van der Waals surface area contributed by atoms with Gasteiger partial charge in [-0.1, -0.05) is 164 Å². The van der Waals surface area contributed by atoms with Crippen LogP contribution in [0.2, 0.25) is 0 Å². The largest absolute Gasteiger partial charge is 0.309 e. The lowest BCUT2D eigenvalue weighted by Crippen LogP contribution is -1.96. The van der Waals surface area contributed by atoms with Crippen molar-refractivity contribution in [2.75, 3.05) is 0 Å². The maximum absolute atomic E-state index is 5.28.